The number of esters is 1. The Kier molecular flexibility index (Phi) is 5.54. The minimum atomic E-state index is -0.308. The van der Waals surface area contributed by atoms with Gasteiger partial charge in [0, 0.05) is 18.2 Å². The van der Waals surface area contributed by atoms with Crippen LogP contribution in [0.25, 0.3) is 0 Å². The number of carbonyl (C=O) groups is 1. The van der Waals surface area contributed by atoms with Crippen LogP contribution in [0, 0.1) is 0 Å². The molecule has 114 valence electrons. The average molecular weight is 290 g/mol. The summed E-state index contributed by atoms with van der Waals surface area (Å²) in [7, 11) is 0. The molecule has 6 nitrogen and oxygen atoms in total. The molecule has 0 aromatic heterocycles. The van der Waals surface area contributed by atoms with Gasteiger partial charge in [0.1, 0.15) is 6.10 Å². The van der Waals surface area contributed by atoms with Gasteiger partial charge >= 0.3 is 5.97 Å². The van der Waals surface area contributed by atoms with Crippen LogP contribution in [0.4, 0.5) is 0 Å². The molecule has 0 saturated carbocycles. The SMILES string of the molecule is NN=NC1C=C(/C=C/C(=O)OC2CC=C(N)CC2)CCC1. The molecule has 0 aliphatic heterocycles. The standard InChI is InChI=1S/C15H22N4O2/c16-12-5-7-14(8-6-12)21-15(20)9-4-11-2-1-3-13(10-11)18-19-17/h4-5,9-10,13-14H,1-3,6-8,16H2,(H2,17,18)/b9-4+. The van der Waals surface area contributed by atoms with Gasteiger partial charge in [0.2, 0.25) is 0 Å². The minimum Gasteiger partial charge on any atom is -0.459 e. The lowest BCUT2D eigenvalue weighted by molar-refractivity contribution is -0.143. The van der Waals surface area contributed by atoms with Crippen molar-refractivity contribution in [3.63, 3.8) is 0 Å². The van der Waals surface area contributed by atoms with E-state index in [1.165, 1.54) is 6.08 Å². The molecule has 0 amide bonds. The molecule has 0 spiro atoms. The molecule has 2 aliphatic rings. The first-order chi connectivity index (χ1) is 10.2. The van der Waals surface area contributed by atoms with Gasteiger partial charge in [-0.2, -0.15) is 5.11 Å². The zero-order valence-corrected chi connectivity index (χ0v) is 12.1. The van der Waals surface area contributed by atoms with Crippen LogP contribution in [0.2, 0.25) is 0 Å². The van der Waals surface area contributed by atoms with Gasteiger partial charge in [-0.1, -0.05) is 23.5 Å². The summed E-state index contributed by atoms with van der Waals surface area (Å²) >= 11 is 0. The maximum atomic E-state index is 11.8. The Labute approximate surface area is 124 Å². The number of carbonyl (C=O) groups excluding carboxylic acids is 1. The third-order valence-electron chi connectivity index (χ3n) is 3.70. The Morgan fingerprint density at radius 1 is 1.38 bits per heavy atom. The number of ether oxygens (including phenoxy) is 1. The normalized spacial score (nSPS) is 26.7. The summed E-state index contributed by atoms with van der Waals surface area (Å²) in [5.41, 5.74) is 7.65. The number of hydrogen-bond donors (Lipinski definition) is 2. The van der Waals surface area contributed by atoms with Gasteiger partial charge in [-0.15, -0.1) is 0 Å². The van der Waals surface area contributed by atoms with Crippen LogP contribution in [0.15, 0.2) is 45.9 Å². The molecule has 4 N–H and O–H groups in total. The van der Waals surface area contributed by atoms with E-state index in [0.717, 1.165) is 43.4 Å². The molecule has 0 radical (unpaired) electrons. The van der Waals surface area contributed by atoms with E-state index in [1.807, 2.05) is 12.2 Å². The third kappa shape index (κ3) is 5.06. The second-order valence-corrected chi connectivity index (χ2v) is 5.38. The molecular formula is C15H22N4O2. The molecule has 0 bridgehead atoms. The molecular weight excluding hydrogens is 268 g/mol. The van der Waals surface area contributed by atoms with Gasteiger partial charge in [0.25, 0.3) is 0 Å². The van der Waals surface area contributed by atoms with E-state index in [1.54, 1.807) is 6.08 Å². The summed E-state index contributed by atoms with van der Waals surface area (Å²) in [5.74, 6) is 4.76. The summed E-state index contributed by atoms with van der Waals surface area (Å²) < 4.78 is 5.39. The summed E-state index contributed by atoms with van der Waals surface area (Å²) in [6.45, 7) is 0. The predicted octanol–water partition coefficient (Wildman–Crippen LogP) is 2.29. The number of rotatable bonds is 4. The van der Waals surface area contributed by atoms with Crippen molar-refractivity contribution < 1.29 is 9.53 Å². The predicted molar refractivity (Wildman–Crippen MR) is 79.9 cm³/mol. The van der Waals surface area contributed by atoms with Gasteiger partial charge in [-0.3, -0.25) is 0 Å². The zero-order valence-electron chi connectivity index (χ0n) is 12.1. The average Bonchev–Trinajstić information content (AvgIpc) is 2.48. The van der Waals surface area contributed by atoms with Gasteiger partial charge in [0.05, 0.1) is 6.04 Å². The first-order valence-electron chi connectivity index (χ1n) is 7.31. The van der Waals surface area contributed by atoms with Crippen molar-refractivity contribution in [2.24, 2.45) is 21.9 Å². The highest BCUT2D eigenvalue weighted by molar-refractivity contribution is 5.82. The fourth-order valence-corrected chi connectivity index (χ4v) is 2.56. The van der Waals surface area contributed by atoms with E-state index >= 15 is 0 Å². The van der Waals surface area contributed by atoms with E-state index in [2.05, 4.69) is 10.3 Å². The summed E-state index contributed by atoms with van der Waals surface area (Å²) in [5, 5.41) is 7.24. The molecule has 21 heavy (non-hydrogen) atoms. The van der Waals surface area contributed by atoms with Crippen LogP contribution in [-0.4, -0.2) is 18.1 Å². The molecule has 0 heterocycles. The molecule has 6 heteroatoms. The Balaban J connectivity index is 1.84. The second kappa shape index (κ2) is 7.61. The van der Waals surface area contributed by atoms with Crippen LogP contribution < -0.4 is 11.6 Å². The Morgan fingerprint density at radius 2 is 2.24 bits per heavy atom. The molecule has 0 aromatic carbocycles. The number of hydrogen-bond acceptors (Lipinski definition) is 5. The van der Waals surface area contributed by atoms with Crippen LogP contribution in [0.5, 0.6) is 0 Å². The second-order valence-electron chi connectivity index (χ2n) is 5.38. The van der Waals surface area contributed by atoms with Crippen molar-refractivity contribution in [2.45, 2.75) is 50.7 Å². The first kappa shape index (κ1) is 15.3. The Hall–Kier alpha value is -2.11. The highest BCUT2D eigenvalue weighted by atomic mass is 16.5. The quantitative estimate of drug-likeness (QED) is 0.272. The van der Waals surface area contributed by atoms with E-state index in [4.69, 9.17) is 16.3 Å². The zero-order chi connectivity index (χ0) is 15.1. The van der Waals surface area contributed by atoms with Crippen molar-refractivity contribution >= 4 is 5.97 Å². The lowest BCUT2D eigenvalue weighted by Crippen LogP contribution is -2.20. The molecule has 0 saturated heterocycles. The number of nitrogens with zero attached hydrogens (tertiary/aromatic N) is 2. The fourth-order valence-electron chi connectivity index (χ4n) is 2.56. The van der Waals surface area contributed by atoms with Gasteiger partial charge in [-0.05, 0) is 37.7 Å². The maximum Gasteiger partial charge on any atom is 0.331 e. The number of allylic oxidation sites excluding steroid dienone is 3. The van der Waals surface area contributed by atoms with Crippen LogP contribution in [0.1, 0.15) is 38.5 Å². The first-order valence-corrected chi connectivity index (χ1v) is 7.31. The van der Waals surface area contributed by atoms with Crippen molar-refractivity contribution in [3.8, 4) is 0 Å². The van der Waals surface area contributed by atoms with Crippen LogP contribution in [-0.2, 0) is 9.53 Å². The number of nitrogens with two attached hydrogens (primary N) is 2. The van der Waals surface area contributed by atoms with E-state index in [-0.39, 0.29) is 18.1 Å². The highest BCUT2D eigenvalue weighted by Gasteiger charge is 2.16. The summed E-state index contributed by atoms with van der Waals surface area (Å²) in [4.78, 5) is 11.8. The lowest BCUT2D eigenvalue weighted by Gasteiger charge is -2.19. The molecule has 2 unspecified atom stereocenters. The topological polar surface area (TPSA) is 103 Å². The third-order valence-corrected chi connectivity index (χ3v) is 3.70. The smallest absolute Gasteiger partial charge is 0.331 e. The molecule has 2 aliphatic carbocycles. The highest BCUT2D eigenvalue weighted by Crippen LogP contribution is 2.22. The Morgan fingerprint density at radius 3 is 2.95 bits per heavy atom. The molecule has 2 rings (SSSR count). The van der Waals surface area contributed by atoms with Crippen LogP contribution >= 0.6 is 0 Å². The summed E-state index contributed by atoms with van der Waals surface area (Å²) in [6.07, 6.45) is 12.3. The fraction of sp³-hybridized carbons (Fsp3) is 0.533. The van der Waals surface area contributed by atoms with Crippen molar-refractivity contribution in [1.82, 2.24) is 0 Å². The van der Waals surface area contributed by atoms with Gasteiger partial charge in [0.15, 0.2) is 0 Å². The van der Waals surface area contributed by atoms with Crippen molar-refractivity contribution in [3.05, 3.63) is 35.6 Å². The van der Waals surface area contributed by atoms with Crippen LogP contribution in [0.3, 0.4) is 0 Å². The molecule has 0 aromatic rings. The van der Waals surface area contributed by atoms with E-state index in [0.29, 0.717) is 6.42 Å². The molecule has 0 fully saturated rings. The van der Waals surface area contributed by atoms with E-state index in [9.17, 15) is 4.79 Å². The maximum absolute atomic E-state index is 11.8. The summed E-state index contributed by atoms with van der Waals surface area (Å²) in [6, 6.07) is 0.0193. The Bertz CT molecular complexity index is 494. The van der Waals surface area contributed by atoms with E-state index < -0.39 is 0 Å². The van der Waals surface area contributed by atoms with Crippen molar-refractivity contribution in [2.75, 3.05) is 0 Å². The van der Waals surface area contributed by atoms with Gasteiger partial charge < -0.3 is 16.3 Å². The minimum absolute atomic E-state index is 0.0193. The molecule has 2 atom stereocenters. The van der Waals surface area contributed by atoms with Crippen molar-refractivity contribution in [1.29, 1.82) is 0 Å². The monoisotopic (exact) mass is 290 g/mol. The largest absolute Gasteiger partial charge is 0.459 e. The lowest BCUT2D eigenvalue weighted by atomic mass is 9.96. The van der Waals surface area contributed by atoms with Gasteiger partial charge in [-0.25, -0.2) is 4.79 Å².